The average Bonchev–Trinajstić information content (AvgIpc) is 3.51. The van der Waals surface area contributed by atoms with E-state index in [1.807, 2.05) is 35.0 Å². The van der Waals surface area contributed by atoms with Crippen molar-refractivity contribution in [3.05, 3.63) is 77.1 Å². The molecule has 2 heterocycles. The van der Waals surface area contributed by atoms with Gasteiger partial charge in [-0.1, -0.05) is 36.7 Å². The lowest BCUT2D eigenvalue weighted by molar-refractivity contribution is 0.414. The molecular weight excluding hydrogens is 472 g/mol. The van der Waals surface area contributed by atoms with Gasteiger partial charge in [-0.25, -0.2) is 9.51 Å². The van der Waals surface area contributed by atoms with Crippen LogP contribution in [-0.4, -0.2) is 34.6 Å². The lowest BCUT2D eigenvalue weighted by Gasteiger charge is -2.18. The molecule has 1 aliphatic rings. The monoisotopic (exact) mass is 502 g/mol. The Balaban J connectivity index is 1.63. The first-order valence-electron chi connectivity index (χ1n) is 12.3. The number of hydrogen-bond acceptors (Lipinski definition) is 5. The first-order chi connectivity index (χ1) is 17.5. The van der Waals surface area contributed by atoms with Crippen LogP contribution in [0, 0.1) is 0 Å². The number of hydrogen-bond donors (Lipinski definition) is 3. The summed E-state index contributed by atoms with van der Waals surface area (Å²) in [6.45, 7) is 2.15. The van der Waals surface area contributed by atoms with Gasteiger partial charge in [0, 0.05) is 23.8 Å². The smallest absolute Gasteiger partial charge is 0.135 e. The topological polar surface area (TPSA) is 103 Å². The van der Waals surface area contributed by atoms with Gasteiger partial charge in [-0.2, -0.15) is 5.10 Å². The van der Waals surface area contributed by atoms with E-state index in [1.165, 1.54) is 5.56 Å². The normalized spacial score (nSPS) is 18.1. The number of nitrogens with two attached hydrogens (primary N) is 2. The number of para-hydroxylation sites is 1. The summed E-state index contributed by atoms with van der Waals surface area (Å²) in [4.78, 5) is 4.63. The maximum Gasteiger partial charge on any atom is 0.135 e. The number of amidine groups is 1. The molecule has 4 aromatic rings. The van der Waals surface area contributed by atoms with E-state index in [1.54, 1.807) is 19.4 Å². The zero-order valence-electron chi connectivity index (χ0n) is 20.5. The maximum atomic E-state index is 6.55. The van der Waals surface area contributed by atoms with Crippen molar-refractivity contribution in [2.45, 2.75) is 44.7 Å². The molecule has 0 bridgehead atoms. The largest absolute Gasteiger partial charge is 0.497 e. The molecule has 0 unspecified atom stereocenters. The van der Waals surface area contributed by atoms with Gasteiger partial charge in [-0.15, -0.1) is 0 Å². The summed E-state index contributed by atoms with van der Waals surface area (Å²) in [6, 6.07) is 16.2. The van der Waals surface area contributed by atoms with E-state index in [0.29, 0.717) is 16.5 Å². The van der Waals surface area contributed by atoms with Gasteiger partial charge in [0.05, 0.1) is 40.8 Å². The summed E-state index contributed by atoms with van der Waals surface area (Å²) in [7, 11) is 1.69. The molecule has 186 valence electrons. The van der Waals surface area contributed by atoms with E-state index in [9.17, 15) is 0 Å². The number of halogens is 1. The third kappa shape index (κ3) is 4.76. The molecule has 1 aliphatic carbocycles. The van der Waals surface area contributed by atoms with E-state index >= 15 is 0 Å². The molecule has 1 fully saturated rings. The van der Waals surface area contributed by atoms with Gasteiger partial charge in [0.1, 0.15) is 11.6 Å². The molecule has 5 rings (SSSR count). The number of benzene rings is 2. The van der Waals surface area contributed by atoms with Crippen LogP contribution in [0.5, 0.6) is 5.75 Å². The zero-order valence-corrected chi connectivity index (χ0v) is 21.3. The van der Waals surface area contributed by atoms with Crippen LogP contribution in [0.15, 0.2) is 65.9 Å². The third-order valence-corrected chi connectivity index (χ3v) is 7.15. The van der Waals surface area contributed by atoms with Gasteiger partial charge >= 0.3 is 0 Å². The van der Waals surface area contributed by atoms with Gasteiger partial charge in [0.15, 0.2) is 0 Å². The van der Waals surface area contributed by atoms with E-state index in [-0.39, 0.29) is 12.1 Å². The molecular formula is C28H31ClN6O. The highest BCUT2D eigenvalue weighted by Crippen LogP contribution is 2.34. The Morgan fingerprint density at radius 2 is 2.06 bits per heavy atom. The van der Waals surface area contributed by atoms with Crippen LogP contribution in [0.1, 0.15) is 37.3 Å². The number of rotatable bonds is 7. The third-order valence-electron chi connectivity index (χ3n) is 6.83. The Morgan fingerprint density at radius 1 is 1.22 bits per heavy atom. The van der Waals surface area contributed by atoms with Crippen LogP contribution in [0.25, 0.3) is 16.6 Å². The Morgan fingerprint density at radius 3 is 2.78 bits per heavy atom. The highest BCUT2D eigenvalue weighted by molar-refractivity contribution is 6.33. The molecule has 2 aromatic heterocycles. The molecule has 0 radical (unpaired) electrons. The SMILES string of the molecule is CCc1cc(OC)ccc1-c1cc2c(N[C@@H]3CC[C@H](N)C3)c(/C(N)=N/c3ccccc3Cl)cnn2c1. The summed E-state index contributed by atoms with van der Waals surface area (Å²) in [6.07, 6.45) is 7.60. The number of aryl methyl sites for hydroxylation is 1. The summed E-state index contributed by atoms with van der Waals surface area (Å²) < 4.78 is 7.33. The quantitative estimate of drug-likeness (QED) is 0.227. The number of aromatic nitrogens is 2. The minimum Gasteiger partial charge on any atom is -0.497 e. The van der Waals surface area contributed by atoms with Crippen LogP contribution < -0.4 is 21.5 Å². The van der Waals surface area contributed by atoms with Crippen LogP contribution >= 0.6 is 11.6 Å². The van der Waals surface area contributed by atoms with Gasteiger partial charge in [-0.3, -0.25) is 0 Å². The molecule has 0 aliphatic heterocycles. The van der Waals surface area contributed by atoms with E-state index in [4.69, 9.17) is 27.8 Å². The van der Waals surface area contributed by atoms with E-state index in [2.05, 4.69) is 40.5 Å². The van der Waals surface area contributed by atoms with Crippen molar-refractivity contribution in [3.63, 3.8) is 0 Å². The van der Waals surface area contributed by atoms with Crippen molar-refractivity contribution < 1.29 is 4.74 Å². The molecule has 1 saturated carbocycles. The Labute approximate surface area is 216 Å². The number of anilines is 1. The molecule has 5 N–H and O–H groups in total. The van der Waals surface area contributed by atoms with Crippen LogP contribution in [0.2, 0.25) is 5.02 Å². The van der Waals surface area contributed by atoms with Gasteiger partial charge in [0.2, 0.25) is 0 Å². The zero-order chi connectivity index (χ0) is 25.2. The Bertz CT molecular complexity index is 1430. The second-order valence-corrected chi connectivity index (χ2v) is 9.64. The van der Waals surface area contributed by atoms with Crippen molar-refractivity contribution in [3.8, 4) is 16.9 Å². The minimum absolute atomic E-state index is 0.201. The molecule has 0 amide bonds. The van der Waals surface area contributed by atoms with Gasteiger partial charge in [0.25, 0.3) is 0 Å². The fourth-order valence-corrected chi connectivity index (χ4v) is 5.08. The average molecular weight is 503 g/mol. The number of aliphatic imine (C=N–C) groups is 1. The molecule has 0 saturated heterocycles. The highest BCUT2D eigenvalue weighted by Gasteiger charge is 2.24. The Kier molecular flexibility index (Phi) is 6.85. The molecule has 0 spiro atoms. The van der Waals surface area contributed by atoms with E-state index in [0.717, 1.165) is 59.3 Å². The summed E-state index contributed by atoms with van der Waals surface area (Å²) in [5, 5.41) is 8.95. The van der Waals surface area contributed by atoms with Crippen LogP contribution in [0.3, 0.4) is 0 Å². The van der Waals surface area contributed by atoms with Crippen molar-refractivity contribution in [2.75, 3.05) is 12.4 Å². The fourth-order valence-electron chi connectivity index (χ4n) is 4.91. The number of nitrogens with one attached hydrogen (secondary N) is 1. The van der Waals surface area contributed by atoms with Crippen molar-refractivity contribution in [1.82, 2.24) is 9.61 Å². The molecule has 36 heavy (non-hydrogen) atoms. The standard InChI is InChI=1S/C28H31ClN6O/c1-3-17-12-21(36-2)10-11-22(17)18-13-26-27(33-20-9-8-19(30)14-20)23(15-32-35(26)16-18)28(31)34-25-7-5-4-6-24(25)29/h4-7,10-13,15-16,19-20,33H,3,8-9,14,30H2,1-2H3,(H2,31,34)/t19-,20+/m0/s1. The molecule has 8 heteroatoms. The fraction of sp³-hybridized carbons (Fsp3) is 0.286. The van der Waals surface area contributed by atoms with Crippen molar-refractivity contribution >= 4 is 34.3 Å². The van der Waals surface area contributed by atoms with Crippen molar-refractivity contribution in [1.29, 1.82) is 0 Å². The lowest BCUT2D eigenvalue weighted by Crippen LogP contribution is -2.24. The number of nitrogens with zero attached hydrogens (tertiary/aromatic N) is 3. The van der Waals surface area contributed by atoms with Crippen molar-refractivity contribution in [2.24, 2.45) is 16.5 Å². The first kappa shape index (κ1) is 24.2. The van der Waals surface area contributed by atoms with E-state index < -0.39 is 0 Å². The second kappa shape index (κ2) is 10.2. The predicted molar refractivity (Wildman–Crippen MR) is 148 cm³/mol. The number of methoxy groups -OCH3 is 1. The second-order valence-electron chi connectivity index (χ2n) is 9.23. The predicted octanol–water partition coefficient (Wildman–Crippen LogP) is 5.55. The molecule has 7 nitrogen and oxygen atoms in total. The Hall–Kier alpha value is -3.55. The van der Waals surface area contributed by atoms with Crippen LogP contribution in [0.4, 0.5) is 11.4 Å². The van der Waals surface area contributed by atoms with Gasteiger partial charge in [-0.05, 0) is 67.1 Å². The van der Waals surface area contributed by atoms with Crippen LogP contribution in [-0.2, 0) is 6.42 Å². The van der Waals surface area contributed by atoms with Gasteiger partial charge < -0.3 is 21.5 Å². The highest BCUT2D eigenvalue weighted by atomic mass is 35.5. The minimum atomic E-state index is 0.201. The number of ether oxygens (including phenoxy) is 1. The summed E-state index contributed by atoms with van der Waals surface area (Å²) in [5.74, 6) is 1.20. The lowest BCUT2D eigenvalue weighted by atomic mass is 9.99. The summed E-state index contributed by atoms with van der Waals surface area (Å²) in [5.41, 5.74) is 19.4. The first-order valence-corrected chi connectivity index (χ1v) is 12.6. The molecule has 2 aromatic carbocycles. The maximum absolute atomic E-state index is 6.55. The summed E-state index contributed by atoms with van der Waals surface area (Å²) >= 11 is 6.34. The molecule has 2 atom stereocenters. The number of fused-ring (bicyclic) bond motifs is 1.